The van der Waals surface area contributed by atoms with Gasteiger partial charge in [-0.15, -0.1) is 0 Å². The Kier molecular flexibility index (Phi) is 2.87. The highest BCUT2D eigenvalue weighted by Gasteiger charge is 2.08. The molecular weight excluding hydrogens is 216 g/mol. The number of aromatic nitrogens is 2. The average Bonchev–Trinajstić information content (AvgIpc) is 2.28. The molecule has 0 spiro atoms. The van der Waals surface area contributed by atoms with Crippen LogP contribution in [0.25, 0.3) is 11.3 Å². The molecule has 0 fully saturated rings. The molecule has 2 aromatic rings. The quantitative estimate of drug-likeness (QED) is 0.857. The van der Waals surface area contributed by atoms with Crippen LogP contribution in [-0.2, 0) is 0 Å². The largest absolute Gasteiger partial charge is 0.477 e. The summed E-state index contributed by atoms with van der Waals surface area (Å²) >= 11 is 0. The number of carboxylic acids is 1. The molecule has 0 atom stereocenters. The second kappa shape index (κ2) is 4.33. The van der Waals surface area contributed by atoms with Gasteiger partial charge < -0.3 is 5.11 Å². The third-order valence-corrected chi connectivity index (χ3v) is 2.40. The number of hydrogen-bond donors (Lipinski definition) is 1. The standard InChI is InChI=1S/C13H12N2O2/c1-8-3-9(2)5-10(4-8)11-6-12(13(16)17)15-7-14-11/h3-7H,1-2H3,(H,16,17). The van der Waals surface area contributed by atoms with Gasteiger partial charge in [0.2, 0.25) is 0 Å². The number of hydrogen-bond acceptors (Lipinski definition) is 3. The molecule has 86 valence electrons. The molecule has 1 aromatic heterocycles. The second-order valence-electron chi connectivity index (χ2n) is 3.97. The van der Waals surface area contributed by atoms with Crippen molar-refractivity contribution in [3.63, 3.8) is 0 Å². The molecule has 0 aliphatic rings. The molecule has 0 aliphatic heterocycles. The average molecular weight is 228 g/mol. The van der Waals surface area contributed by atoms with Gasteiger partial charge in [-0.25, -0.2) is 14.8 Å². The molecule has 0 radical (unpaired) electrons. The number of aryl methyl sites for hydroxylation is 2. The summed E-state index contributed by atoms with van der Waals surface area (Å²) < 4.78 is 0. The zero-order valence-electron chi connectivity index (χ0n) is 9.64. The van der Waals surface area contributed by atoms with Crippen molar-refractivity contribution in [3.8, 4) is 11.3 Å². The highest BCUT2D eigenvalue weighted by molar-refractivity contribution is 5.86. The molecule has 0 bridgehead atoms. The van der Waals surface area contributed by atoms with Crippen molar-refractivity contribution in [2.45, 2.75) is 13.8 Å². The lowest BCUT2D eigenvalue weighted by atomic mass is 10.0. The number of nitrogens with zero attached hydrogens (tertiary/aromatic N) is 2. The number of carbonyl (C=O) groups is 1. The van der Waals surface area contributed by atoms with Crippen LogP contribution in [0.15, 0.2) is 30.6 Å². The highest BCUT2D eigenvalue weighted by atomic mass is 16.4. The molecule has 1 aromatic carbocycles. The van der Waals surface area contributed by atoms with E-state index < -0.39 is 5.97 Å². The summed E-state index contributed by atoms with van der Waals surface area (Å²) in [6.07, 6.45) is 1.27. The molecule has 2 rings (SSSR count). The van der Waals surface area contributed by atoms with E-state index in [-0.39, 0.29) is 5.69 Å². The molecular formula is C13H12N2O2. The van der Waals surface area contributed by atoms with Crippen molar-refractivity contribution in [1.29, 1.82) is 0 Å². The van der Waals surface area contributed by atoms with Gasteiger partial charge in [-0.05, 0) is 32.0 Å². The van der Waals surface area contributed by atoms with E-state index in [1.54, 1.807) is 0 Å². The van der Waals surface area contributed by atoms with Crippen LogP contribution < -0.4 is 0 Å². The Labute approximate surface area is 99.0 Å². The van der Waals surface area contributed by atoms with Crippen LogP contribution in [-0.4, -0.2) is 21.0 Å². The molecule has 0 unspecified atom stereocenters. The summed E-state index contributed by atoms with van der Waals surface area (Å²) in [6.45, 7) is 3.99. The van der Waals surface area contributed by atoms with Crippen molar-refractivity contribution in [3.05, 3.63) is 47.4 Å². The lowest BCUT2D eigenvalue weighted by Crippen LogP contribution is -2.01. The summed E-state index contributed by atoms with van der Waals surface area (Å²) in [5, 5.41) is 8.88. The van der Waals surface area contributed by atoms with Crippen molar-refractivity contribution >= 4 is 5.97 Å². The van der Waals surface area contributed by atoms with Gasteiger partial charge in [-0.2, -0.15) is 0 Å². The Morgan fingerprint density at radius 3 is 2.29 bits per heavy atom. The van der Waals surface area contributed by atoms with Crippen LogP contribution in [0.2, 0.25) is 0 Å². The predicted octanol–water partition coefficient (Wildman–Crippen LogP) is 2.46. The Morgan fingerprint density at radius 2 is 1.71 bits per heavy atom. The Morgan fingerprint density at radius 1 is 1.06 bits per heavy atom. The molecule has 4 nitrogen and oxygen atoms in total. The van der Waals surface area contributed by atoms with Gasteiger partial charge in [0.05, 0.1) is 5.69 Å². The van der Waals surface area contributed by atoms with Gasteiger partial charge >= 0.3 is 5.97 Å². The Balaban J connectivity index is 2.52. The van der Waals surface area contributed by atoms with Crippen LogP contribution in [0, 0.1) is 13.8 Å². The molecule has 17 heavy (non-hydrogen) atoms. The van der Waals surface area contributed by atoms with Gasteiger partial charge in [0, 0.05) is 5.56 Å². The first kappa shape index (κ1) is 11.3. The van der Waals surface area contributed by atoms with Gasteiger partial charge in [0.15, 0.2) is 5.69 Å². The van der Waals surface area contributed by atoms with Crippen LogP contribution in [0.1, 0.15) is 21.6 Å². The first-order valence-electron chi connectivity index (χ1n) is 5.20. The monoisotopic (exact) mass is 228 g/mol. The van der Waals surface area contributed by atoms with Gasteiger partial charge in [-0.1, -0.05) is 17.2 Å². The summed E-state index contributed by atoms with van der Waals surface area (Å²) in [6, 6.07) is 7.49. The maximum Gasteiger partial charge on any atom is 0.354 e. The highest BCUT2D eigenvalue weighted by Crippen LogP contribution is 2.20. The molecule has 0 amide bonds. The lowest BCUT2D eigenvalue weighted by molar-refractivity contribution is 0.0690. The zero-order chi connectivity index (χ0) is 12.4. The predicted molar refractivity (Wildman–Crippen MR) is 63.9 cm³/mol. The summed E-state index contributed by atoms with van der Waals surface area (Å²) in [5.74, 6) is -1.04. The number of rotatable bonds is 2. The van der Waals surface area contributed by atoms with Crippen LogP contribution in [0.4, 0.5) is 0 Å². The fourth-order valence-corrected chi connectivity index (χ4v) is 1.75. The van der Waals surface area contributed by atoms with E-state index >= 15 is 0 Å². The SMILES string of the molecule is Cc1cc(C)cc(-c2cc(C(=O)O)ncn2)c1. The second-order valence-corrected chi connectivity index (χ2v) is 3.97. The zero-order valence-corrected chi connectivity index (χ0v) is 9.64. The number of benzene rings is 1. The van der Waals surface area contributed by atoms with Gasteiger partial charge in [0.25, 0.3) is 0 Å². The molecule has 0 aliphatic carbocycles. The Hall–Kier alpha value is -2.23. The maximum atomic E-state index is 10.8. The summed E-state index contributed by atoms with van der Waals surface area (Å²) in [4.78, 5) is 18.6. The van der Waals surface area contributed by atoms with E-state index in [0.29, 0.717) is 5.69 Å². The third kappa shape index (κ3) is 2.47. The molecule has 4 heteroatoms. The minimum atomic E-state index is -1.04. The molecule has 1 N–H and O–H groups in total. The van der Waals surface area contributed by atoms with Crippen molar-refractivity contribution < 1.29 is 9.90 Å². The molecule has 1 heterocycles. The normalized spacial score (nSPS) is 10.2. The van der Waals surface area contributed by atoms with Crippen molar-refractivity contribution in [2.24, 2.45) is 0 Å². The van der Waals surface area contributed by atoms with Gasteiger partial charge in [-0.3, -0.25) is 0 Å². The lowest BCUT2D eigenvalue weighted by Gasteiger charge is -2.04. The summed E-state index contributed by atoms with van der Waals surface area (Å²) in [5.41, 5.74) is 3.79. The van der Waals surface area contributed by atoms with Crippen LogP contribution in [0.5, 0.6) is 0 Å². The van der Waals surface area contributed by atoms with E-state index in [4.69, 9.17) is 5.11 Å². The van der Waals surface area contributed by atoms with Crippen LogP contribution >= 0.6 is 0 Å². The topological polar surface area (TPSA) is 63.1 Å². The smallest absolute Gasteiger partial charge is 0.354 e. The van der Waals surface area contributed by atoms with E-state index in [0.717, 1.165) is 16.7 Å². The van der Waals surface area contributed by atoms with Crippen LogP contribution in [0.3, 0.4) is 0 Å². The summed E-state index contributed by atoms with van der Waals surface area (Å²) in [7, 11) is 0. The first-order valence-corrected chi connectivity index (χ1v) is 5.20. The number of aromatic carboxylic acids is 1. The minimum absolute atomic E-state index is 0.00848. The Bertz CT molecular complexity index is 559. The van der Waals surface area contributed by atoms with E-state index in [2.05, 4.69) is 16.0 Å². The maximum absolute atomic E-state index is 10.8. The molecule has 0 saturated heterocycles. The van der Waals surface area contributed by atoms with Crippen molar-refractivity contribution in [1.82, 2.24) is 9.97 Å². The fraction of sp³-hybridized carbons (Fsp3) is 0.154. The minimum Gasteiger partial charge on any atom is -0.477 e. The van der Waals surface area contributed by atoms with Crippen molar-refractivity contribution in [2.75, 3.05) is 0 Å². The van der Waals surface area contributed by atoms with E-state index in [9.17, 15) is 4.79 Å². The van der Waals surface area contributed by atoms with E-state index in [1.807, 2.05) is 26.0 Å². The molecule has 0 saturated carbocycles. The number of carboxylic acid groups (broad SMARTS) is 1. The van der Waals surface area contributed by atoms with Gasteiger partial charge in [0.1, 0.15) is 6.33 Å². The third-order valence-electron chi connectivity index (χ3n) is 2.40. The fourth-order valence-electron chi connectivity index (χ4n) is 1.75. The first-order chi connectivity index (χ1) is 8.06. The van der Waals surface area contributed by atoms with E-state index in [1.165, 1.54) is 12.4 Å².